The number of halogens is 3. The van der Waals surface area contributed by atoms with Gasteiger partial charge in [0.05, 0.1) is 24.1 Å². The lowest BCUT2D eigenvalue weighted by molar-refractivity contribution is 0.00720. The monoisotopic (exact) mass is 429 g/mol. The molecule has 0 radical (unpaired) electrons. The highest BCUT2D eigenvalue weighted by molar-refractivity contribution is 6.03. The van der Waals surface area contributed by atoms with Crippen molar-refractivity contribution in [1.82, 2.24) is 9.97 Å². The van der Waals surface area contributed by atoms with E-state index in [-0.39, 0.29) is 17.5 Å². The van der Waals surface area contributed by atoms with Crippen LogP contribution in [0.2, 0.25) is 0 Å². The molecule has 0 spiro atoms. The Labute approximate surface area is 176 Å². The number of amides is 1. The number of aromatic nitrogens is 2. The molecule has 1 aromatic carbocycles. The van der Waals surface area contributed by atoms with E-state index in [9.17, 15) is 18.0 Å². The first-order valence-corrected chi connectivity index (χ1v) is 9.63. The average Bonchev–Trinajstić information content (AvgIpc) is 2.76. The lowest BCUT2D eigenvalue weighted by atomic mass is 10.1. The highest BCUT2D eigenvalue weighted by Crippen LogP contribution is 2.31. The fourth-order valence-corrected chi connectivity index (χ4v) is 3.22. The lowest BCUT2D eigenvalue weighted by Crippen LogP contribution is -2.28. The number of benzene rings is 1. The zero-order valence-electron chi connectivity index (χ0n) is 16.3. The van der Waals surface area contributed by atoms with Crippen molar-refractivity contribution in [2.24, 2.45) is 0 Å². The van der Waals surface area contributed by atoms with Gasteiger partial charge in [0.25, 0.3) is 5.91 Å². The SMILES string of the molecule is O=C(Nc1cccnc1)c1ccc(F)c(-c2c(F)cc(OC3CCCOC3)cc2F)n1. The minimum absolute atomic E-state index is 0.0277. The van der Waals surface area contributed by atoms with Gasteiger partial charge in [-0.25, -0.2) is 18.2 Å². The average molecular weight is 429 g/mol. The van der Waals surface area contributed by atoms with Gasteiger partial charge in [0.1, 0.15) is 40.7 Å². The van der Waals surface area contributed by atoms with Gasteiger partial charge < -0.3 is 14.8 Å². The molecule has 6 nitrogen and oxygen atoms in total. The van der Waals surface area contributed by atoms with Crippen LogP contribution in [0.5, 0.6) is 5.75 Å². The molecule has 4 rings (SSSR count). The standard InChI is InChI=1S/C22H18F3N3O3/c23-16-5-6-19(22(29)27-13-3-1-7-26-11-13)28-21(16)20-17(24)9-15(10-18(20)25)31-14-4-2-8-30-12-14/h1,3,5-7,9-11,14H,2,4,8,12H2,(H,27,29). The molecule has 1 amide bonds. The summed E-state index contributed by atoms with van der Waals surface area (Å²) in [4.78, 5) is 20.1. The fraction of sp³-hybridized carbons (Fsp3) is 0.227. The second-order valence-corrected chi connectivity index (χ2v) is 6.94. The second kappa shape index (κ2) is 9.13. The van der Waals surface area contributed by atoms with Crippen LogP contribution >= 0.6 is 0 Å². The summed E-state index contributed by atoms with van der Waals surface area (Å²) in [6, 6.07) is 7.22. The Bertz CT molecular complexity index is 1070. The highest BCUT2D eigenvalue weighted by atomic mass is 19.1. The van der Waals surface area contributed by atoms with Gasteiger partial charge in [-0.15, -0.1) is 0 Å². The van der Waals surface area contributed by atoms with Crippen molar-refractivity contribution in [3.63, 3.8) is 0 Å². The van der Waals surface area contributed by atoms with Crippen LogP contribution in [0.3, 0.4) is 0 Å². The van der Waals surface area contributed by atoms with E-state index in [2.05, 4.69) is 15.3 Å². The molecular formula is C22H18F3N3O3. The predicted molar refractivity (Wildman–Crippen MR) is 106 cm³/mol. The van der Waals surface area contributed by atoms with Gasteiger partial charge in [0.15, 0.2) is 0 Å². The zero-order chi connectivity index (χ0) is 21.8. The molecule has 0 aliphatic carbocycles. The molecule has 3 aromatic rings. The number of hydrogen-bond donors (Lipinski definition) is 1. The van der Waals surface area contributed by atoms with Crippen LogP contribution in [-0.4, -0.2) is 35.2 Å². The van der Waals surface area contributed by atoms with Crippen molar-refractivity contribution in [3.8, 4) is 17.0 Å². The minimum Gasteiger partial charge on any atom is -0.488 e. The number of anilines is 1. The maximum atomic E-state index is 14.7. The van der Waals surface area contributed by atoms with Gasteiger partial charge in [-0.2, -0.15) is 0 Å². The van der Waals surface area contributed by atoms with E-state index in [1.54, 1.807) is 12.1 Å². The smallest absolute Gasteiger partial charge is 0.274 e. The summed E-state index contributed by atoms with van der Waals surface area (Å²) in [5.74, 6) is -3.77. The second-order valence-electron chi connectivity index (χ2n) is 6.94. The minimum atomic E-state index is -1.05. The van der Waals surface area contributed by atoms with Crippen molar-refractivity contribution < 1.29 is 27.4 Å². The van der Waals surface area contributed by atoms with Crippen molar-refractivity contribution in [2.75, 3.05) is 18.5 Å². The number of nitrogens with zero attached hydrogens (tertiary/aromatic N) is 2. The molecule has 0 saturated carbocycles. The molecule has 1 aliphatic heterocycles. The number of nitrogens with one attached hydrogen (secondary N) is 1. The van der Waals surface area contributed by atoms with E-state index in [4.69, 9.17) is 9.47 Å². The van der Waals surface area contributed by atoms with Crippen LogP contribution in [0.1, 0.15) is 23.3 Å². The molecule has 31 heavy (non-hydrogen) atoms. The van der Waals surface area contributed by atoms with Crippen LogP contribution in [-0.2, 0) is 4.74 Å². The van der Waals surface area contributed by atoms with Crippen molar-refractivity contribution >= 4 is 11.6 Å². The van der Waals surface area contributed by atoms with E-state index in [0.717, 1.165) is 30.7 Å². The number of ether oxygens (including phenoxy) is 2. The summed E-state index contributed by atoms with van der Waals surface area (Å²) >= 11 is 0. The summed E-state index contributed by atoms with van der Waals surface area (Å²) in [6.07, 6.45) is 4.13. The maximum absolute atomic E-state index is 14.7. The topological polar surface area (TPSA) is 73.3 Å². The van der Waals surface area contributed by atoms with Crippen molar-refractivity contribution in [2.45, 2.75) is 18.9 Å². The molecule has 1 atom stereocenters. The van der Waals surface area contributed by atoms with Gasteiger partial charge in [0, 0.05) is 24.9 Å². The summed E-state index contributed by atoms with van der Waals surface area (Å²) < 4.78 is 54.7. The molecule has 2 aromatic heterocycles. The van der Waals surface area contributed by atoms with Gasteiger partial charge in [-0.05, 0) is 37.1 Å². The van der Waals surface area contributed by atoms with Crippen LogP contribution in [0.15, 0.2) is 48.8 Å². The van der Waals surface area contributed by atoms with E-state index in [0.29, 0.717) is 25.3 Å². The summed E-state index contributed by atoms with van der Waals surface area (Å²) in [5, 5.41) is 2.53. The van der Waals surface area contributed by atoms with Crippen LogP contribution in [0.25, 0.3) is 11.3 Å². The molecular weight excluding hydrogens is 411 g/mol. The van der Waals surface area contributed by atoms with Crippen molar-refractivity contribution in [1.29, 1.82) is 0 Å². The van der Waals surface area contributed by atoms with E-state index >= 15 is 0 Å². The van der Waals surface area contributed by atoms with Crippen LogP contribution < -0.4 is 10.1 Å². The normalized spacial score (nSPS) is 16.0. The molecule has 1 unspecified atom stereocenters. The highest BCUT2D eigenvalue weighted by Gasteiger charge is 2.23. The third-order valence-electron chi connectivity index (χ3n) is 4.67. The van der Waals surface area contributed by atoms with Crippen LogP contribution in [0.4, 0.5) is 18.9 Å². The Morgan fingerprint density at radius 3 is 2.61 bits per heavy atom. The molecule has 160 valence electrons. The van der Waals surface area contributed by atoms with Crippen molar-refractivity contribution in [3.05, 3.63) is 71.9 Å². The summed E-state index contributed by atoms with van der Waals surface area (Å²) in [7, 11) is 0. The first kappa shape index (κ1) is 20.8. The van der Waals surface area contributed by atoms with E-state index < -0.39 is 34.6 Å². The number of carbonyl (C=O) groups excluding carboxylic acids is 1. The molecule has 0 bridgehead atoms. The fourth-order valence-electron chi connectivity index (χ4n) is 3.22. The largest absolute Gasteiger partial charge is 0.488 e. The van der Waals surface area contributed by atoms with Gasteiger partial charge in [-0.3, -0.25) is 9.78 Å². The van der Waals surface area contributed by atoms with E-state index in [1.165, 1.54) is 12.4 Å². The molecule has 1 N–H and O–H groups in total. The lowest BCUT2D eigenvalue weighted by Gasteiger charge is -2.23. The number of pyridine rings is 2. The Morgan fingerprint density at radius 2 is 1.94 bits per heavy atom. The van der Waals surface area contributed by atoms with E-state index in [1.807, 2.05) is 0 Å². The Hall–Kier alpha value is -3.46. The number of carbonyl (C=O) groups is 1. The third-order valence-corrected chi connectivity index (χ3v) is 4.67. The first-order chi connectivity index (χ1) is 15.0. The van der Waals surface area contributed by atoms with Gasteiger partial charge >= 0.3 is 0 Å². The number of hydrogen-bond acceptors (Lipinski definition) is 5. The quantitative estimate of drug-likeness (QED) is 0.652. The Kier molecular flexibility index (Phi) is 6.13. The predicted octanol–water partition coefficient (Wildman–Crippen LogP) is 4.37. The number of rotatable bonds is 5. The maximum Gasteiger partial charge on any atom is 0.274 e. The summed E-state index contributed by atoms with van der Waals surface area (Å²) in [5.41, 5.74) is -1.10. The molecule has 1 aliphatic rings. The van der Waals surface area contributed by atoms with Crippen LogP contribution in [0, 0.1) is 17.5 Å². The third kappa shape index (κ3) is 4.83. The molecule has 9 heteroatoms. The molecule has 3 heterocycles. The first-order valence-electron chi connectivity index (χ1n) is 9.63. The Balaban J connectivity index is 1.61. The zero-order valence-corrected chi connectivity index (χ0v) is 16.3. The van der Waals surface area contributed by atoms with Gasteiger partial charge in [0.2, 0.25) is 0 Å². The summed E-state index contributed by atoms with van der Waals surface area (Å²) in [6.45, 7) is 0.951. The molecule has 1 fully saturated rings. The van der Waals surface area contributed by atoms with Gasteiger partial charge in [-0.1, -0.05) is 0 Å². The Morgan fingerprint density at radius 1 is 1.13 bits per heavy atom. The molecule has 1 saturated heterocycles.